The van der Waals surface area contributed by atoms with E-state index in [0.717, 1.165) is 17.1 Å². The maximum Gasteiger partial charge on any atom is 0.0546 e. The molecule has 280 valence electrons. The van der Waals surface area contributed by atoms with Crippen LogP contribution in [0.25, 0.3) is 75.8 Å². The molecule has 2 heteroatoms. The number of rotatable bonds is 7. The van der Waals surface area contributed by atoms with Crippen molar-refractivity contribution in [2.75, 3.05) is 4.90 Å². The summed E-state index contributed by atoms with van der Waals surface area (Å²) in [6, 6.07) is 78.3. The first-order valence-corrected chi connectivity index (χ1v) is 21.3. The molecule has 0 bridgehead atoms. The van der Waals surface area contributed by atoms with Crippen molar-refractivity contribution in [1.82, 2.24) is 0 Å². The van der Waals surface area contributed by atoms with Gasteiger partial charge in [0.25, 0.3) is 0 Å². The van der Waals surface area contributed by atoms with E-state index >= 15 is 0 Å². The van der Waals surface area contributed by atoms with Crippen LogP contribution in [0.15, 0.2) is 212 Å². The SMILES string of the molecule is CC1(C)c2ccccc2-c2c(-c3ccccc3N(c3ccc4sc5ccccc5c4c3)c3cccc(-c4ccccc4)c3-c3ccccc3-c3ccccc3)cccc21. The van der Waals surface area contributed by atoms with E-state index < -0.39 is 0 Å². The van der Waals surface area contributed by atoms with Gasteiger partial charge in [0.2, 0.25) is 0 Å². The highest BCUT2D eigenvalue weighted by Gasteiger charge is 2.37. The lowest BCUT2D eigenvalue weighted by Crippen LogP contribution is -2.15. The van der Waals surface area contributed by atoms with E-state index in [1.165, 1.54) is 86.9 Å². The lowest BCUT2D eigenvalue weighted by molar-refractivity contribution is 0.660. The van der Waals surface area contributed by atoms with Gasteiger partial charge in [-0.25, -0.2) is 0 Å². The minimum atomic E-state index is -0.111. The van der Waals surface area contributed by atoms with Crippen LogP contribution in [0.4, 0.5) is 17.1 Å². The van der Waals surface area contributed by atoms with Gasteiger partial charge >= 0.3 is 0 Å². The smallest absolute Gasteiger partial charge is 0.0546 e. The summed E-state index contributed by atoms with van der Waals surface area (Å²) < 4.78 is 2.59. The Balaban J connectivity index is 1.25. The van der Waals surface area contributed by atoms with Gasteiger partial charge < -0.3 is 4.90 Å². The normalized spacial score (nSPS) is 12.7. The number of anilines is 3. The van der Waals surface area contributed by atoms with Gasteiger partial charge in [-0.05, 0) is 92.0 Å². The van der Waals surface area contributed by atoms with Gasteiger partial charge in [-0.3, -0.25) is 0 Å². The summed E-state index contributed by atoms with van der Waals surface area (Å²) in [6.45, 7) is 4.73. The van der Waals surface area contributed by atoms with E-state index in [1.54, 1.807) is 0 Å². The van der Waals surface area contributed by atoms with Crippen LogP contribution in [0, 0.1) is 0 Å². The highest BCUT2D eigenvalue weighted by atomic mass is 32.1. The Labute approximate surface area is 350 Å². The zero-order valence-corrected chi connectivity index (χ0v) is 33.9. The first-order valence-electron chi connectivity index (χ1n) is 20.4. The Morgan fingerprint density at radius 1 is 0.356 bits per heavy atom. The summed E-state index contributed by atoms with van der Waals surface area (Å²) in [5, 5.41) is 2.56. The largest absolute Gasteiger partial charge is 0.309 e. The fourth-order valence-electron chi connectivity index (χ4n) is 9.57. The van der Waals surface area contributed by atoms with Gasteiger partial charge in [0.1, 0.15) is 0 Å². The van der Waals surface area contributed by atoms with Crippen LogP contribution >= 0.6 is 11.3 Å². The topological polar surface area (TPSA) is 3.24 Å². The molecule has 0 aliphatic heterocycles. The molecule has 0 radical (unpaired) electrons. The number of para-hydroxylation sites is 1. The van der Waals surface area contributed by atoms with Gasteiger partial charge in [-0.2, -0.15) is 0 Å². The third-order valence-corrected chi connectivity index (χ3v) is 13.5. The molecule has 0 N–H and O–H groups in total. The molecule has 59 heavy (non-hydrogen) atoms. The fourth-order valence-corrected chi connectivity index (χ4v) is 10.7. The number of thiophene rings is 1. The van der Waals surface area contributed by atoms with Crippen LogP contribution in [0.1, 0.15) is 25.0 Å². The van der Waals surface area contributed by atoms with Gasteiger partial charge in [-0.15, -0.1) is 11.3 Å². The average Bonchev–Trinajstić information content (AvgIpc) is 3.78. The molecule has 0 saturated heterocycles. The van der Waals surface area contributed by atoms with Crippen LogP contribution in [0.3, 0.4) is 0 Å². The number of fused-ring (bicyclic) bond motifs is 6. The monoisotopic (exact) mass is 771 g/mol. The van der Waals surface area contributed by atoms with Gasteiger partial charge in [0.15, 0.2) is 0 Å². The maximum absolute atomic E-state index is 2.54. The molecule has 0 unspecified atom stereocenters. The summed E-state index contributed by atoms with van der Waals surface area (Å²) in [5.74, 6) is 0. The zero-order chi connectivity index (χ0) is 39.5. The molecule has 1 aromatic heterocycles. The fraction of sp³-hybridized carbons (Fsp3) is 0.0526. The summed E-state index contributed by atoms with van der Waals surface area (Å²) in [7, 11) is 0. The van der Waals surface area contributed by atoms with Gasteiger partial charge in [0.05, 0.1) is 11.4 Å². The van der Waals surface area contributed by atoms with E-state index in [9.17, 15) is 0 Å². The second-order valence-electron chi connectivity index (χ2n) is 16.0. The molecule has 0 spiro atoms. The van der Waals surface area contributed by atoms with Gasteiger partial charge in [-0.1, -0.05) is 190 Å². The van der Waals surface area contributed by atoms with E-state index in [0.29, 0.717) is 0 Å². The molecular weight excluding hydrogens is 731 g/mol. The molecular formula is C57H41NS. The Kier molecular flexibility index (Phi) is 8.43. The van der Waals surface area contributed by atoms with Crippen molar-refractivity contribution in [1.29, 1.82) is 0 Å². The second kappa shape index (κ2) is 14.1. The first-order chi connectivity index (χ1) is 29.1. The Morgan fingerprint density at radius 3 is 1.69 bits per heavy atom. The van der Waals surface area contributed by atoms with E-state index in [1.807, 2.05) is 11.3 Å². The predicted molar refractivity (Wildman–Crippen MR) is 253 cm³/mol. The summed E-state index contributed by atoms with van der Waals surface area (Å²) in [4.78, 5) is 2.54. The van der Waals surface area contributed by atoms with Crippen LogP contribution in [-0.4, -0.2) is 0 Å². The lowest BCUT2D eigenvalue weighted by atomic mass is 9.82. The zero-order valence-electron chi connectivity index (χ0n) is 33.1. The standard InChI is InChI=1S/C57H41NS/c1-57(2)49-30-14-11-27-47(49)55-46(29-17-31-50(55)57)43-24-12-15-32-51(43)58(40-35-36-54-48(37-40)44-25-13-16-34-53(44)59-54)52-33-18-28-42(39-21-7-4-8-22-39)56(52)45-26-10-9-23-41(45)38-19-5-3-6-20-38/h3-37H,1-2H3. The Bertz CT molecular complexity index is 3190. The van der Waals surface area contributed by atoms with Crippen molar-refractivity contribution in [3.8, 4) is 55.6 Å². The molecule has 11 rings (SSSR count). The molecule has 1 heterocycles. The van der Waals surface area contributed by atoms with Gasteiger partial charge in [0, 0.05) is 42.4 Å². The molecule has 0 saturated carbocycles. The Hall–Kier alpha value is -7.00. The summed E-state index contributed by atoms with van der Waals surface area (Å²) in [5.41, 5.74) is 18.2. The molecule has 0 atom stereocenters. The number of hydrogen-bond donors (Lipinski definition) is 0. The van der Waals surface area contributed by atoms with Crippen molar-refractivity contribution in [3.05, 3.63) is 223 Å². The lowest BCUT2D eigenvalue weighted by Gasteiger charge is -2.32. The second-order valence-corrected chi connectivity index (χ2v) is 17.1. The third-order valence-electron chi connectivity index (χ3n) is 12.3. The maximum atomic E-state index is 2.54. The van der Waals surface area contributed by atoms with Crippen LogP contribution in [0.2, 0.25) is 0 Å². The molecule has 10 aromatic rings. The Morgan fingerprint density at radius 2 is 0.898 bits per heavy atom. The van der Waals surface area contributed by atoms with Crippen molar-refractivity contribution in [2.45, 2.75) is 19.3 Å². The minimum Gasteiger partial charge on any atom is -0.309 e. The molecule has 0 amide bonds. The van der Waals surface area contributed by atoms with Crippen molar-refractivity contribution >= 4 is 48.6 Å². The van der Waals surface area contributed by atoms with Crippen molar-refractivity contribution in [2.24, 2.45) is 0 Å². The molecule has 9 aromatic carbocycles. The van der Waals surface area contributed by atoms with Crippen molar-refractivity contribution < 1.29 is 0 Å². The number of hydrogen-bond acceptors (Lipinski definition) is 2. The molecule has 0 fully saturated rings. The van der Waals surface area contributed by atoms with Crippen LogP contribution in [-0.2, 0) is 5.41 Å². The highest BCUT2D eigenvalue weighted by Crippen LogP contribution is 2.55. The minimum absolute atomic E-state index is 0.111. The molecule has 1 aliphatic rings. The van der Waals surface area contributed by atoms with E-state index in [2.05, 4.69) is 231 Å². The number of benzene rings is 9. The van der Waals surface area contributed by atoms with Crippen molar-refractivity contribution in [3.63, 3.8) is 0 Å². The van der Waals surface area contributed by atoms with Crippen LogP contribution < -0.4 is 4.90 Å². The van der Waals surface area contributed by atoms with Crippen LogP contribution in [0.5, 0.6) is 0 Å². The van der Waals surface area contributed by atoms with E-state index in [-0.39, 0.29) is 5.41 Å². The summed E-state index contributed by atoms with van der Waals surface area (Å²) in [6.07, 6.45) is 0. The van der Waals surface area contributed by atoms with E-state index in [4.69, 9.17) is 0 Å². The average molecular weight is 772 g/mol. The number of nitrogens with zero attached hydrogens (tertiary/aromatic N) is 1. The predicted octanol–water partition coefficient (Wildman–Crippen LogP) is 16.5. The highest BCUT2D eigenvalue weighted by molar-refractivity contribution is 7.25. The first kappa shape index (κ1) is 35.2. The quantitative estimate of drug-likeness (QED) is 0.156. The molecule has 1 nitrogen and oxygen atoms in total. The third kappa shape index (κ3) is 5.74. The summed E-state index contributed by atoms with van der Waals surface area (Å²) >= 11 is 1.86. The molecule has 1 aliphatic carbocycles.